The summed E-state index contributed by atoms with van der Waals surface area (Å²) in [7, 11) is 0. The number of halogens is 1. The lowest BCUT2D eigenvalue weighted by molar-refractivity contribution is 0.696. The lowest BCUT2D eigenvalue weighted by atomic mass is 10.3. The monoisotopic (exact) mass is 282 g/mol. The van der Waals surface area contributed by atoms with Gasteiger partial charge in [0, 0.05) is 18.7 Å². The molecular formula is C11H15BrN4. The van der Waals surface area contributed by atoms with Gasteiger partial charge in [0.2, 0.25) is 5.95 Å². The lowest BCUT2D eigenvalue weighted by Gasteiger charge is -2.22. The van der Waals surface area contributed by atoms with Crippen molar-refractivity contribution in [3.8, 4) is 0 Å². The van der Waals surface area contributed by atoms with Crippen molar-refractivity contribution in [3.05, 3.63) is 10.7 Å². The Balaban J connectivity index is 1.84. The average molecular weight is 283 g/mol. The van der Waals surface area contributed by atoms with E-state index >= 15 is 0 Å². The summed E-state index contributed by atoms with van der Waals surface area (Å²) in [6, 6.07) is 2.39. The van der Waals surface area contributed by atoms with E-state index in [1.165, 1.54) is 25.7 Å². The summed E-state index contributed by atoms with van der Waals surface area (Å²) in [5.74, 6) is 2.18. The minimum Gasteiger partial charge on any atom is -0.383 e. The first-order valence-electron chi connectivity index (χ1n) is 5.79. The minimum atomic E-state index is 0.540. The number of anilines is 2. The van der Waals surface area contributed by atoms with Crippen molar-refractivity contribution in [2.75, 3.05) is 17.2 Å². The number of hydrogen-bond donors (Lipinski definition) is 1. The smallest absolute Gasteiger partial charge is 0.228 e. The zero-order chi connectivity index (χ0) is 11.1. The van der Waals surface area contributed by atoms with Gasteiger partial charge < -0.3 is 10.6 Å². The largest absolute Gasteiger partial charge is 0.383 e. The van der Waals surface area contributed by atoms with Crippen molar-refractivity contribution in [1.29, 1.82) is 0 Å². The van der Waals surface area contributed by atoms with Gasteiger partial charge in [-0.05, 0) is 47.5 Å². The van der Waals surface area contributed by atoms with Gasteiger partial charge in [0.25, 0.3) is 0 Å². The zero-order valence-electron chi connectivity index (χ0n) is 9.06. The van der Waals surface area contributed by atoms with E-state index in [1.54, 1.807) is 6.07 Å². The number of rotatable bonds is 4. The molecular weight excluding hydrogens is 268 g/mol. The molecule has 1 aromatic rings. The standard InChI is InChI=1S/C11H15BrN4/c12-9-5-10(13)15-11(14-9)16(8-3-4-8)6-7-1-2-7/h5,7-8H,1-4,6H2,(H2,13,14,15). The van der Waals surface area contributed by atoms with Crippen LogP contribution in [-0.2, 0) is 0 Å². The van der Waals surface area contributed by atoms with Gasteiger partial charge in [0.05, 0.1) is 0 Å². The van der Waals surface area contributed by atoms with Crippen molar-refractivity contribution in [2.24, 2.45) is 5.92 Å². The van der Waals surface area contributed by atoms with E-state index < -0.39 is 0 Å². The van der Waals surface area contributed by atoms with Crippen molar-refractivity contribution in [3.63, 3.8) is 0 Å². The third-order valence-electron chi connectivity index (χ3n) is 3.10. The van der Waals surface area contributed by atoms with Gasteiger partial charge in [-0.2, -0.15) is 4.98 Å². The number of hydrogen-bond acceptors (Lipinski definition) is 4. The van der Waals surface area contributed by atoms with Crippen molar-refractivity contribution >= 4 is 27.7 Å². The van der Waals surface area contributed by atoms with E-state index in [4.69, 9.17) is 5.73 Å². The summed E-state index contributed by atoms with van der Waals surface area (Å²) in [6.07, 6.45) is 5.24. The molecule has 2 N–H and O–H groups in total. The Hall–Kier alpha value is -0.840. The molecule has 0 bridgehead atoms. The molecule has 0 aromatic carbocycles. The van der Waals surface area contributed by atoms with Crippen LogP contribution in [0.2, 0.25) is 0 Å². The molecule has 86 valence electrons. The first-order valence-corrected chi connectivity index (χ1v) is 6.58. The Bertz CT molecular complexity index is 381. The van der Waals surface area contributed by atoms with E-state index in [-0.39, 0.29) is 0 Å². The van der Waals surface area contributed by atoms with E-state index in [0.717, 1.165) is 23.0 Å². The summed E-state index contributed by atoms with van der Waals surface area (Å²) in [4.78, 5) is 11.1. The molecule has 1 aromatic heterocycles. The maximum Gasteiger partial charge on any atom is 0.228 e. The fraction of sp³-hybridized carbons (Fsp3) is 0.636. The van der Waals surface area contributed by atoms with E-state index in [9.17, 15) is 0 Å². The van der Waals surface area contributed by atoms with Crippen LogP contribution in [0, 0.1) is 5.92 Å². The topological polar surface area (TPSA) is 55.0 Å². The van der Waals surface area contributed by atoms with Crippen molar-refractivity contribution in [2.45, 2.75) is 31.7 Å². The molecule has 5 heteroatoms. The van der Waals surface area contributed by atoms with Crippen LogP contribution in [0.1, 0.15) is 25.7 Å². The summed E-state index contributed by atoms with van der Waals surface area (Å²) < 4.78 is 0.774. The zero-order valence-corrected chi connectivity index (χ0v) is 10.7. The molecule has 0 atom stereocenters. The van der Waals surface area contributed by atoms with Gasteiger partial charge in [0.15, 0.2) is 0 Å². The van der Waals surface area contributed by atoms with Crippen LogP contribution in [-0.4, -0.2) is 22.6 Å². The van der Waals surface area contributed by atoms with Gasteiger partial charge >= 0.3 is 0 Å². The molecule has 3 rings (SSSR count). The molecule has 2 aliphatic rings. The minimum absolute atomic E-state index is 0.540. The molecule has 0 amide bonds. The van der Waals surface area contributed by atoms with Crippen LogP contribution < -0.4 is 10.6 Å². The van der Waals surface area contributed by atoms with Crippen LogP contribution in [0.25, 0.3) is 0 Å². The molecule has 2 saturated carbocycles. The van der Waals surface area contributed by atoms with Crippen LogP contribution in [0.15, 0.2) is 10.7 Å². The Morgan fingerprint density at radius 1 is 1.31 bits per heavy atom. The normalized spacial score (nSPS) is 19.8. The number of nitrogens with zero attached hydrogens (tertiary/aromatic N) is 3. The molecule has 0 aliphatic heterocycles. The molecule has 0 spiro atoms. The fourth-order valence-electron chi connectivity index (χ4n) is 1.91. The Morgan fingerprint density at radius 2 is 2.06 bits per heavy atom. The summed E-state index contributed by atoms with van der Waals surface area (Å²) in [6.45, 7) is 1.10. The molecule has 4 nitrogen and oxygen atoms in total. The number of nitrogens with two attached hydrogens (primary N) is 1. The van der Waals surface area contributed by atoms with E-state index in [2.05, 4.69) is 30.8 Å². The van der Waals surface area contributed by atoms with Gasteiger partial charge in [-0.15, -0.1) is 0 Å². The molecule has 2 fully saturated rings. The first-order chi connectivity index (χ1) is 7.72. The number of nitrogen functional groups attached to an aromatic ring is 1. The molecule has 0 radical (unpaired) electrons. The lowest BCUT2D eigenvalue weighted by Crippen LogP contribution is -2.30. The highest BCUT2D eigenvalue weighted by Crippen LogP contribution is 2.36. The fourth-order valence-corrected chi connectivity index (χ4v) is 2.30. The highest BCUT2D eigenvalue weighted by Gasteiger charge is 2.35. The molecule has 1 heterocycles. The Kier molecular flexibility index (Phi) is 2.50. The summed E-state index contributed by atoms with van der Waals surface area (Å²) in [5, 5.41) is 0. The maximum atomic E-state index is 5.76. The van der Waals surface area contributed by atoms with E-state index in [1.807, 2.05) is 0 Å². The Labute approximate surface area is 103 Å². The molecule has 2 aliphatic carbocycles. The van der Waals surface area contributed by atoms with Crippen LogP contribution >= 0.6 is 15.9 Å². The first kappa shape index (κ1) is 10.3. The second-order valence-electron chi connectivity index (χ2n) is 4.74. The molecule has 0 unspecified atom stereocenters. The van der Waals surface area contributed by atoms with Crippen LogP contribution in [0.3, 0.4) is 0 Å². The quantitative estimate of drug-likeness (QED) is 0.861. The van der Waals surface area contributed by atoms with Gasteiger partial charge in [-0.3, -0.25) is 0 Å². The highest BCUT2D eigenvalue weighted by molar-refractivity contribution is 9.10. The third kappa shape index (κ3) is 2.29. The Morgan fingerprint density at radius 3 is 2.62 bits per heavy atom. The van der Waals surface area contributed by atoms with Gasteiger partial charge in [-0.1, -0.05) is 0 Å². The molecule has 0 saturated heterocycles. The van der Waals surface area contributed by atoms with Gasteiger partial charge in [-0.25, -0.2) is 4.98 Å². The average Bonchev–Trinajstić information content (AvgIpc) is 3.07. The molecule has 16 heavy (non-hydrogen) atoms. The second kappa shape index (κ2) is 3.87. The SMILES string of the molecule is Nc1cc(Br)nc(N(CC2CC2)C2CC2)n1. The summed E-state index contributed by atoms with van der Waals surface area (Å²) in [5.41, 5.74) is 5.76. The van der Waals surface area contributed by atoms with Gasteiger partial charge in [0.1, 0.15) is 10.4 Å². The second-order valence-corrected chi connectivity index (χ2v) is 5.55. The van der Waals surface area contributed by atoms with Crippen molar-refractivity contribution < 1.29 is 0 Å². The van der Waals surface area contributed by atoms with Crippen molar-refractivity contribution in [1.82, 2.24) is 9.97 Å². The predicted molar refractivity (Wildman–Crippen MR) is 67.2 cm³/mol. The summed E-state index contributed by atoms with van der Waals surface area (Å²) >= 11 is 3.37. The third-order valence-corrected chi connectivity index (χ3v) is 3.51. The predicted octanol–water partition coefficient (Wildman–Crippen LogP) is 2.20. The van der Waals surface area contributed by atoms with E-state index in [0.29, 0.717) is 11.9 Å². The van der Waals surface area contributed by atoms with Crippen LogP contribution in [0.5, 0.6) is 0 Å². The van der Waals surface area contributed by atoms with Crippen LogP contribution in [0.4, 0.5) is 11.8 Å². The maximum absolute atomic E-state index is 5.76. The number of aromatic nitrogens is 2. The highest BCUT2D eigenvalue weighted by atomic mass is 79.9.